The molecule has 0 saturated carbocycles. The number of halogens is 1. The van der Waals surface area contributed by atoms with E-state index in [1.165, 1.54) is 0 Å². The van der Waals surface area contributed by atoms with Crippen molar-refractivity contribution in [3.05, 3.63) is 22.2 Å². The second-order valence-corrected chi connectivity index (χ2v) is 6.17. The number of carbonyl (C=O) groups is 1. The summed E-state index contributed by atoms with van der Waals surface area (Å²) in [7, 11) is 0. The van der Waals surface area contributed by atoms with Gasteiger partial charge in [0.05, 0.1) is 11.4 Å². The van der Waals surface area contributed by atoms with Crippen molar-refractivity contribution in [3.63, 3.8) is 0 Å². The van der Waals surface area contributed by atoms with Gasteiger partial charge in [0.1, 0.15) is 0 Å². The van der Waals surface area contributed by atoms with Crippen LogP contribution in [0.2, 0.25) is 0 Å². The molecule has 4 nitrogen and oxygen atoms in total. The summed E-state index contributed by atoms with van der Waals surface area (Å²) in [5, 5.41) is 2.91. The molecule has 0 bridgehead atoms. The molecule has 1 aliphatic rings. The SMILES string of the molecule is Cc1cc(N)c(NC(=O)N2CCC(C)CC2)c(Br)c1. The third-order valence-corrected chi connectivity index (χ3v) is 4.19. The van der Waals surface area contributed by atoms with Gasteiger partial charge < -0.3 is 16.0 Å². The Labute approximate surface area is 122 Å². The van der Waals surface area contributed by atoms with E-state index in [9.17, 15) is 4.79 Å². The number of anilines is 2. The van der Waals surface area contributed by atoms with Crippen LogP contribution in [-0.2, 0) is 0 Å². The number of carbonyl (C=O) groups excluding carboxylic acids is 1. The Morgan fingerprint density at radius 1 is 1.42 bits per heavy atom. The maximum Gasteiger partial charge on any atom is 0.321 e. The monoisotopic (exact) mass is 325 g/mol. The molecule has 5 heteroatoms. The topological polar surface area (TPSA) is 58.4 Å². The molecule has 1 aromatic carbocycles. The summed E-state index contributed by atoms with van der Waals surface area (Å²) in [6.07, 6.45) is 2.13. The van der Waals surface area contributed by atoms with E-state index < -0.39 is 0 Å². The van der Waals surface area contributed by atoms with Gasteiger partial charge in [-0.1, -0.05) is 6.92 Å². The zero-order chi connectivity index (χ0) is 14.0. The highest BCUT2D eigenvalue weighted by Crippen LogP contribution is 2.30. The molecule has 1 fully saturated rings. The van der Waals surface area contributed by atoms with Gasteiger partial charge in [0.15, 0.2) is 0 Å². The van der Waals surface area contributed by atoms with Crippen molar-refractivity contribution in [1.29, 1.82) is 0 Å². The van der Waals surface area contributed by atoms with Gasteiger partial charge in [0.2, 0.25) is 0 Å². The Morgan fingerprint density at radius 2 is 2.05 bits per heavy atom. The number of aryl methyl sites for hydroxylation is 1. The average molecular weight is 326 g/mol. The van der Waals surface area contributed by atoms with Crippen molar-refractivity contribution >= 4 is 33.3 Å². The van der Waals surface area contributed by atoms with Gasteiger partial charge in [0, 0.05) is 17.6 Å². The molecule has 19 heavy (non-hydrogen) atoms. The number of piperidine rings is 1. The molecule has 0 spiro atoms. The van der Waals surface area contributed by atoms with Crippen LogP contribution in [0, 0.1) is 12.8 Å². The Bertz CT molecular complexity index is 459. The average Bonchev–Trinajstić information content (AvgIpc) is 2.34. The number of benzene rings is 1. The molecule has 2 amide bonds. The summed E-state index contributed by atoms with van der Waals surface area (Å²) in [6, 6.07) is 3.74. The van der Waals surface area contributed by atoms with Crippen molar-refractivity contribution in [3.8, 4) is 0 Å². The normalized spacial score (nSPS) is 16.5. The van der Waals surface area contributed by atoms with Crippen molar-refractivity contribution in [2.45, 2.75) is 26.7 Å². The molecule has 0 unspecified atom stereocenters. The van der Waals surface area contributed by atoms with E-state index in [1.54, 1.807) is 0 Å². The van der Waals surface area contributed by atoms with E-state index in [-0.39, 0.29) is 6.03 Å². The summed E-state index contributed by atoms with van der Waals surface area (Å²) in [5.41, 5.74) is 8.27. The summed E-state index contributed by atoms with van der Waals surface area (Å²) >= 11 is 3.45. The fraction of sp³-hybridized carbons (Fsp3) is 0.500. The van der Waals surface area contributed by atoms with E-state index >= 15 is 0 Å². The van der Waals surface area contributed by atoms with Gasteiger partial charge in [-0.3, -0.25) is 0 Å². The minimum absolute atomic E-state index is 0.0665. The zero-order valence-corrected chi connectivity index (χ0v) is 13.0. The first-order valence-corrected chi connectivity index (χ1v) is 7.38. The number of hydrogen-bond acceptors (Lipinski definition) is 2. The van der Waals surface area contributed by atoms with Crippen LogP contribution >= 0.6 is 15.9 Å². The summed E-state index contributed by atoms with van der Waals surface area (Å²) in [5.74, 6) is 0.709. The lowest BCUT2D eigenvalue weighted by Crippen LogP contribution is -2.40. The number of likely N-dealkylation sites (tertiary alicyclic amines) is 1. The van der Waals surface area contributed by atoms with Crippen molar-refractivity contribution in [1.82, 2.24) is 4.90 Å². The lowest BCUT2D eigenvalue weighted by Gasteiger charge is -2.30. The van der Waals surface area contributed by atoms with Crippen LogP contribution in [0.15, 0.2) is 16.6 Å². The fourth-order valence-electron chi connectivity index (χ4n) is 2.30. The second kappa shape index (κ2) is 5.82. The van der Waals surface area contributed by atoms with Crippen LogP contribution in [0.25, 0.3) is 0 Å². The lowest BCUT2D eigenvalue weighted by atomic mass is 10.00. The number of nitrogens with two attached hydrogens (primary N) is 1. The predicted octanol–water partition coefficient (Wildman–Crippen LogP) is 3.60. The molecule has 2 rings (SSSR count). The van der Waals surface area contributed by atoms with Crippen LogP contribution in [0.5, 0.6) is 0 Å². The van der Waals surface area contributed by atoms with Gasteiger partial charge in [-0.25, -0.2) is 4.79 Å². The maximum atomic E-state index is 12.2. The standard InChI is InChI=1S/C14H20BrN3O/c1-9-3-5-18(6-4-9)14(19)17-13-11(15)7-10(2)8-12(13)16/h7-9H,3-6,16H2,1-2H3,(H,17,19). The van der Waals surface area contributed by atoms with Crippen LogP contribution in [0.3, 0.4) is 0 Å². The molecular formula is C14H20BrN3O. The van der Waals surface area contributed by atoms with Crippen molar-refractivity contribution in [2.24, 2.45) is 5.92 Å². The Hall–Kier alpha value is -1.23. The maximum absolute atomic E-state index is 12.2. The van der Waals surface area contributed by atoms with Crippen LogP contribution in [0.1, 0.15) is 25.3 Å². The fourth-order valence-corrected chi connectivity index (χ4v) is 2.99. The highest BCUT2D eigenvalue weighted by Gasteiger charge is 2.21. The molecule has 0 aromatic heterocycles. The van der Waals surface area contributed by atoms with Crippen LogP contribution < -0.4 is 11.1 Å². The highest BCUT2D eigenvalue weighted by atomic mass is 79.9. The number of rotatable bonds is 1. The number of nitrogens with one attached hydrogen (secondary N) is 1. The first-order chi connectivity index (χ1) is 8.97. The van der Waals surface area contributed by atoms with E-state index in [0.29, 0.717) is 17.3 Å². The third-order valence-electron chi connectivity index (χ3n) is 3.57. The smallest absolute Gasteiger partial charge is 0.321 e. The molecule has 1 aromatic rings. The molecule has 3 N–H and O–H groups in total. The Morgan fingerprint density at radius 3 is 2.63 bits per heavy atom. The van der Waals surface area contributed by atoms with Gasteiger partial charge >= 0.3 is 6.03 Å². The lowest BCUT2D eigenvalue weighted by molar-refractivity contribution is 0.186. The molecule has 0 atom stereocenters. The molecule has 104 valence electrons. The molecule has 1 aliphatic heterocycles. The molecule has 0 aliphatic carbocycles. The van der Waals surface area contributed by atoms with E-state index in [2.05, 4.69) is 28.2 Å². The molecular weight excluding hydrogens is 306 g/mol. The summed E-state index contributed by atoms with van der Waals surface area (Å²) in [4.78, 5) is 14.1. The van der Waals surface area contributed by atoms with E-state index in [0.717, 1.165) is 36.0 Å². The minimum atomic E-state index is -0.0665. The van der Waals surface area contributed by atoms with Gasteiger partial charge in [-0.05, 0) is 59.3 Å². The third kappa shape index (κ3) is 3.41. The number of urea groups is 1. The number of hydrogen-bond donors (Lipinski definition) is 2. The van der Waals surface area contributed by atoms with Crippen molar-refractivity contribution < 1.29 is 4.79 Å². The number of nitrogens with zero attached hydrogens (tertiary/aromatic N) is 1. The van der Waals surface area contributed by atoms with Gasteiger partial charge in [-0.15, -0.1) is 0 Å². The van der Waals surface area contributed by atoms with Crippen LogP contribution in [-0.4, -0.2) is 24.0 Å². The zero-order valence-electron chi connectivity index (χ0n) is 11.4. The summed E-state index contributed by atoms with van der Waals surface area (Å²) in [6.45, 7) is 5.83. The largest absolute Gasteiger partial charge is 0.397 e. The number of nitrogen functional groups attached to an aromatic ring is 1. The van der Waals surface area contributed by atoms with Crippen molar-refractivity contribution in [2.75, 3.05) is 24.1 Å². The highest BCUT2D eigenvalue weighted by molar-refractivity contribution is 9.10. The Kier molecular flexibility index (Phi) is 4.34. The first-order valence-electron chi connectivity index (χ1n) is 6.59. The Balaban J connectivity index is 2.07. The molecule has 0 radical (unpaired) electrons. The summed E-state index contributed by atoms with van der Waals surface area (Å²) < 4.78 is 0.823. The predicted molar refractivity (Wildman–Crippen MR) is 82.3 cm³/mol. The van der Waals surface area contributed by atoms with Crippen LogP contribution in [0.4, 0.5) is 16.2 Å². The quantitative estimate of drug-likeness (QED) is 0.775. The van der Waals surface area contributed by atoms with Gasteiger partial charge in [0.25, 0.3) is 0 Å². The first kappa shape index (κ1) is 14.2. The molecule has 1 saturated heterocycles. The molecule has 1 heterocycles. The van der Waals surface area contributed by atoms with E-state index in [1.807, 2.05) is 24.0 Å². The second-order valence-electron chi connectivity index (χ2n) is 5.31. The minimum Gasteiger partial charge on any atom is -0.397 e. The van der Waals surface area contributed by atoms with Gasteiger partial charge in [-0.2, -0.15) is 0 Å². The number of amides is 2. The van der Waals surface area contributed by atoms with E-state index in [4.69, 9.17) is 5.73 Å².